The molecule has 0 bridgehead atoms. The highest BCUT2D eigenvalue weighted by Gasteiger charge is 2.10. The Morgan fingerprint density at radius 3 is 2.88 bits per heavy atom. The number of nitrogens with zero attached hydrogens (tertiary/aromatic N) is 2. The molecule has 1 unspecified atom stereocenters. The number of aliphatic hydroxyl groups is 1. The van der Waals surface area contributed by atoms with Gasteiger partial charge < -0.3 is 5.11 Å². The van der Waals surface area contributed by atoms with Gasteiger partial charge in [-0.2, -0.15) is 5.10 Å². The molecule has 0 spiro atoms. The molecule has 1 N–H and O–H groups in total. The van der Waals surface area contributed by atoms with Crippen LogP contribution in [-0.4, -0.2) is 14.9 Å². The molecule has 3 nitrogen and oxygen atoms in total. The van der Waals surface area contributed by atoms with E-state index in [0.29, 0.717) is 6.42 Å². The van der Waals surface area contributed by atoms with E-state index in [-0.39, 0.29) is 0 Å². The van der Waals surface area contributed by atoms with Crippen molar-refractivity contribution in [3.8, 4) is 0 Å². The maximum atomic E-state index is 10.0. The minimum atomic E-state index is -0.507. The van der Waals surface area contributed by atoms with Crippen molar-refractivity contribution in [1.82, 2.24) is 9.78 Å². The van der Waals surface area contributed by atoms with Crippen molar-refractivity contribution in [2.75, 3.05) is 0 Å². The van der Waals surface area contributed by atoms with Gasteiger partial charge in [-0.1, -0.05) is 28.1 Å². The van der Waals surface area contributed by atoms with Gasteiger partial charge in [0.05, 0.1) is 11.8 Å². The number of benzene rings is 1. The highest BCUT2D eigenvalue weighted by molar-refractivity contribution is 9.10. The number of hydrogen-bond donors (Lipinski definition) is 1. The fourth-order valence-electron chi connectivity index (χ4n) is 1.60. The molecule has 16 heavy (non-hydrogen) atoms. The molecule has 4 heteroatoms. The molecule has 1 atom stereocenters. The number of aryl methyl sites for hydroxylation is 1. The van der Waals surface area contributed by atoms with E-state index in [9.17, 15) is 5.11 Å². The molecule has 0 aliphatic carbocycles. The Kier molecular flexibility index (Phi) is 3.41. The highest BCUT2D eigenvalue weighted by Crippen LogP contribution is 2.20. The Hall–Kier alpha value is -1.13. The molecular formula is C12H13BrN2O. The van der Waals surface area contributed by atoms with E-state index in [2.05, 4.69) is 21.0 Å². The maximum Gasteiger partial charge on any atom is 0.0846 e. The van der Waals surface area contributed by atoms with Gasteiger partial charge in [-0.15, -0.1) is 0 Å². The Bertz CT molecular complexity index is 481. The lowest BCUT2D eigenvalue weighted by atomic mass is 10.1. The number of halogens is 1. The standard InChI is InChI=1S/C12H13BrN2O/c1-15-6-5-11(14-15)8-12(16)9-3-2-4-10(13)7-9/h2-7,12,16H,8H2,1H3. The van der Waals surface area contributed by atoms with E-state index in [1.54, 1.807) is 4.68 Å². The third-order valence-electron chi connectivity index (χ3n) is 2.40. The monoisotopic (exact) mass is 280 g/mol. The fourth-order valence-corrected chi connectivity index (χ4v) is 2.02. The average molecular weight is 281 g/mol. The van der Waals surface area contributed by atoms with Gasteiger partial charge in [0.25, 0.3) is 0 Å². The maximum absolute atomic E-state index is 10.0. The molecule has 0 aliphatic heterocycles. The van der Waals surface area contributed by atoms with Gasteiger partial charge in [0.15, 0.2) is 0 Å². The van der Waals surface area contributed by atoms with Gasteiger partial charge in [0.1, 0.15) is 0 Å². The largest absolute Gasteiger partial charge is 0.388 e. The van der Waals surface area contributed by atoms with E-state index in [0.717, 1.165) is 15.7 Å². The molecule has 0 aliphatic rings. The van der Waals surface area contributed by atoms with Gasteiger partial charge in [-0.3, -0.25) is 4.68 Å². The fraction of sp³-hybridized carbons (Fsp3) is 0.250. The zero-order valence-corrected chi connectivity index (χ0v) is 10.6. The molecule has 84 valence electrons. The van der Waals surface area contributed by atoms with E-state index >= 15 is 0 Å². The summed E-state index contributed by atoms with van der Waals surface area (Å²) in [5.41, 5.74) is 1.80. The van der Waals surface area contributed by atoms with Crippen LogP contribution in [0.2, 0.25) is 0 Å². The minimum absolute atomic E-state index is 0.507. The summed E-state index contributed by atoms with van der Waals surface area (Å²) >= 11 is 3.39. The third-order valence-corrected chi connectivity index (χ3v) is 2.90. The van der Waals surface area contributed by atoms with Crippen LogP contribution in [0.5, 0.6) is 0 Å². The second-order valence-corrected chi connectivity index (χ2v) is 4.67. The first-order valence-electron chi connectivity index (χ1n) is 5.07. The lowest BCUT2D eigenvalue weighted by Crippen LogP contribution is -2.03. The molecule has 0 radical (unpaired) electrons. The van der Waals surface area contributed by atoms with Gasteiger partial charge in [-0.05, 0) is 23.8 Å². The van der Waals surface area contributed by atoms with Crippen molar-refractivity contribution in [2.45, 2.75) is 12.5 Å². The first-order valence-corrected chi connectivity index (χ1v) is 5.86. The van der Waals surface area contributed by atoms with Crippen LogP contribution in [0.4, 0.5) is 0 Å². The van der Waals surface area contributed by atoms with Crippen LogP contribution in [0.15, 0.2) is 41.0 Å². The lowest BCUT2D eigenvalue weighted by Gasteiger charge is -2.09. The van der Waals surface area contributed by atoms with E-state index in [1.165, 1.54) is 0 Å². The van der Waals surface area contributed by atoms with Crippen LogP contribution in [0.3, 0.4) is 0 Å². The smallest absolute Gasteiger partial charge is 0.0846 e. The van der Waals surface area contributed by atoms with Crippen molar-refractivity contribution in [3.63, 3.8) is 0 Å². The van der Waals surface area contributed by atoms with Crippen molar-refractivity contribution >= 4 is 15.9 Å². The van der Waals surface area contributed by atoms with Crippen molar-refractivity contribution in [3.05, 3.63) is 52.3 Å². The molecule has 0 saturated carbocycles. The molecular weight excluding hydrogens is 268 g/mol. The van der Waals surface area contributed by atoms with Crippen LogP contribution in [0.1, 0.15) is 17.4 Å². The van der Waals surface area contributed by atoms with Gasteiger partial charge >= 0.3 is 0 Å². The zero-order valence-electron chi connectivity index (χ0n) is 8.97. The molecule has 0 fully saturated rings. The van der Waals surface area contributed by atoms with E-state index in [4.69, 9.17) is 0 Å². The van der Waals surface area contributed by atoms with Gasteiger partial charge in [0.2, 0.25) is 0 Å². The second kappa shape index (κ2) is 4.80. The van der Waals surface area contributed by atoms with Crippen LogP contribution >= 0.6 is 15.9 Å². The lowest BCUT2D eigenvalue weighted by molar-refractivity contribution is 0.177. The first kappa shape index (κ1) is 11.4. The van der Waals surface area contributed by atoms with Crippen LogP contribution in [0.25, 0.3) is 0 Å². The van der Waals surface area contributed by atoms with Crippen molar-refractivity contribution in [1.29, 1.82) is 0 Å². The number of aromatic nitrogens is 2. The summed E-state index contributed by atoms with van der Waals surface area (Å²) in [6.45, 7) is 0. The predicted octanol–water partition coefficient (Wildman–Crippen LogP) is 2.46. The quantitative estimate of drug-likeness (QED) is 0.938. The van der Waals surface area contributed by atoms with E-state index in [1.807, 2.05) is 43.6 Å². The van der Waals surface area contributed by atoms with Crippen LogP contribution in [0, 0.1) is 0 Å². The first-order chi connectivity index (χ1) is 7.65. The summed E-state index contributed by atoms with van der Waals surface area (Å²) in [4.78, 5) is 0. The molecule has 2 rings (SSSR count). The Balaban J connectivity index is 2.11. The van der Waals surface area contributed by atoms with Crippen molar-refractivity contribution in [2.24, 2.45) is 7.05 Å². The molecule has 0 saturated heterocycles. The topological polar surface area (TPSA) is 38.0 Å². The SMILES string of the molecule is Cn1ccc(CC(O)c2cccc(Br)c2)n1. The normalized spacial score (nSPS) is 12.7. The number of hydrogen-bond acceptors (Lipinski definition) is 2. The summed E-state index contributed by atoms with van der Waals surface area (Å²) < 4.78 is 2.72. The van der Waals surface area contributed by atoms with Gasteiger partial charge in [-0.25, -0.2) is 0 Å². The van der Waals surface area contributed by atoms with Gasteiger partial charge in [0, 0.05) is 24.1 Å². The van der Waals surface area contributed by atoms with Crippen LogP contribution < -0.4 is 0 Å². The Morgan fingerprint density at radius 2 is 2.25 bits per heavy atom. The summed E-state index contributed by atoms with van der Waals surface area (Å²) in [5.74, 6) is 0. The summed E-state index contributed by atoms with van der Waals surface area (Å²) in [7, 11) is 1.87. The second-order valence-electron chi connectivity index (χ2n) is 3.76. The molecule has 1 aromatic heterocycles. The highest BCUT2D eigenvalue weighted by atomic mass is 79.9. The summed E-state index contributed by atoms with van der Waals surface area (Å²) in [6, 6.07) is 9.62. The Morgan fingerprint density at radius 1 is 1.44 bits per heavy atom. The van der Waals surface area contributed by atoms with E-state index < -0.39 is 6.10 Å². The Labute approximate surface area is 103 Å². The predicted molar refractivity (Wildman–Crippen MR) is 66.0 cm³/mol. The van der Waals surface area contributed by atoms with Crippen molar-refractivity contribution < 1.29 is 5.11 Å². The third kappa shape index (κ3) is 2.71. The number of rotatable bonds is 3. The summed E-state index contributed by atoms with van der Waals surface area (Å²) in [5, 5.41) is 14.3. The molecule has 2 aromatic rings. The average Bonchev–Trinajstić information content (AvgIpc) is 2.64. The van der Waals surface area contributed by atoms with Crippen LogP contribution in [-0.2, 0) is 13.5 Å². The molecule has 0 amide bonds. The summed E-state index contributed by atoms with van der Waals surface area (Å²) in [6.07, 6.45) is 1.91. The molecule has 1 aromatic carbocycles. The molecule has 1 heterocycles. The number of aliphatic hydroxyl groups excluding tert-OH is 1. The zero-order chi connectivity index (χ0) is 11.5. The minimum Gasteiger partial charge on any atom is -0.388 e.